The lowest BCUT2D eigenvalue weighted by Gasteiger charge is -2.36. The molecular formula is C26H25N3O5. The number of benzene rings is 3. The maximum atomic E-state index is 13.3. The quantitative estimate of drug-likeness (QED) is 0.561. The normalized spacial score (nSPS) is 14.6. The molecule has 8 heteroatoms. The first-order valence-electron chi connectivity index (χ1n) is 10.8. The number of carbonyl (C=O) groups excluding carboxylic acids is 3. The minimum absolute atomic E-state index is 0.220. The van der Waals surface area contributed by atoms with Gasteiger partial charge in [0.2, 0.25) is 11.8 Å². The van der Waals surface area contributed by atoms with Crippen molar-refractivity contribution >= 4 is 34.8 Å². The molecule has 3 aromatic carbocycles. The number of methoxy groups -OCH3 is 1. The summed E-state index contributed by atoms with van der Waals surface area (Å²) in [5.41, 5.74) is 2.47. The van der Waals surface area contributed by atoms with Crippen LogP contribution < -0.4 is 25.0 Å². The van der Waals surface area contributed by atoms with Crippen LogP contribution in [0.1, 0.15) is 12.0 Å². The number of rotatable bonds is 7. The maximum Gasteiger partial charge on any atom is 0.265 e. The third-order valence-corrected chi connectivity index (χ3v) is 5.50. The summed E-state index contributed by atoms with van der Waals surface area (Å²) >= 11 is 0. The number of hydrogen-bond donors (Lipinski definition) is 2. The Morgan fingerprint density at radius 1 is 1.00 bits per heavy atom. The van der Waals surface area contributed by atoms with Crippen LogP contribution in [0.15, 0.2) is 72.8 Å². The third-order valence-electron chi connectivity index (χ3n) is 5.50. The Morgan fingerprint density at radius 3 is 2.44 bits per heavy atom. The summed E-state index contributed by atoms with van der Waals surface area (Å²) in [7, 11) is 1.56. The van der Waals surface area contributed by atoms with Gasteiger partial charge < -0.3 is 20.1 Å². The molecule has 0 unspecified atom stereocenters. The Labute approximate surface area is 197 Å². The van der Waals surface area contributed by atoms with Crippen LogP contribution in [0.2, 0.25) is 0 Å². The zero-order valence-corrected chi connectivity index (χ0v) is 18.9. The average molecular weight is 460 g/mol. The van der Waals surface area contributed by atoms with Gasteiger partial charge in [-0.1, -0.05) is 30.3 Å². The lowest BCUT2D eigenvalue weighted by atomic mass is 10.0. The van der Waals surface area contributed by atoms with Crippen molar-refractivity contribution in [3.63, 3.8) is 0 Å². The van der Waals surface area contributed by atoms with Gasteiger partial charge in [0.05, 0.1) is 24.9 Å². The Hall–Kier alpha value is -4.33. The summed E-state index contributed by atoms with van der Waals surface area (Å²) in [5, 5.41) is 5.56. The van der Waals surface area contributed by atoms with E-state index < -0.39 is 23.8 Å². The second kappa shape index (κ2) is 10.1. The van der Waals surface area contributed by atoms with Gasteiger partial charge in [-0.2, -0.15) is 0 Å². The van der Waals surface area contributed by atoms with Crippen LogP contribution in [-0.2, 0) is 14.4 Å². The molecule has 0 aliphatic carbocycles. The molecule has 3 aromatic rings. The van der Waals surface area contributed by atoms with Gasteiger partial charge in [-0.05, 0) is 55.0 Å². The summed E-state index contributed by atoms with van der Waals surface area (Å²) in [4.78, 5) is 40.4. The van der Waals surface area contributed by atoms with Gasteiger partial charge in [-0.15, -0.1) is 0 Å². The van der Waals surface area contributed by atoms with E-state index >= 15 is 0 Å². The SMILES string of the molecule is COc1ccc(NC(=O)C[C@H]2C(=O)Nc3ccccc3N2C(=O)COc2ccccc2C)cc1. The highest BCUT2D eigenvalue weighted by molar-refractivity contribution is 6.14. The largest absolute Gasteiger partial charge is 0.497 e. The molecule has 0 aromatic heterocycles. The molecule has 8 nitrogen and oxygen atoms in total. The van der Waals surface area contributed by atoms with E-state index in [0.29, 0.717) is 28.6 Å². The fraction of sp³-hybridized carbons (Fsp3) is 0.192. The number of anilines is 3. The molecule has 3 amide bonds. The van der Waals surface area contributed by atoms with E-state index in [-0.39, 0.29) is 13.0 Å². The van der Waals surface area contributed by atoms with Gasteiger partial charge >= 0.3 is 0 Å². The van der Waals surface area contributed by atoms with Gasteiger partial charge in [-0.3, -0.25) is 19.3 Å². The first-order valence-corrected chi connectivity index (χ1v) is 10.8. The highest BCUT2D eigenvalue weighted by atomic mass is 16.5. The molecule has 0 spiro atoms. The van der Waals surface area contributed by atoms with Crippen LogP contribution in [0.4, 0.5) is 17.1 Å². The standard InChI is InChI=1S/C26H25N3O5/c1-17-7-3-6-10-23(17)34-16-25(31)29-21-9-5-4-8-20(21)28-26(32)22(29)15-24(30)27-18-11-13-19(33-2)14-12-18/h3-14,22H,15-16H2,1-2H3,(H,27,30)(H,28,32)/t22-/m0/s1. The van der Waals surface area contributed by atoms with Crippen LogP contribution in [0.3, 0.4) is 0 Å². The predicted molar refractivity (Wildman–Crippen MR) is 129 cm³/mol. The Bertz CT molecular complexity index is 1210. The molecule has 34 heavy (non-hydrogen) atoms. The topological polar surface area (TPSA) is 97.0 Å². The molecule has 0 saturated heterocycles. The maximum absolute atomic E-state index is 13.3. The highest BCUT2D eigenvalue weighted by Crippen LogP contribution is 2.33. The van der Waals surface area contributed by atoms with Gasteiger partial charge in [0.25, 0.3) is 5.91 Å². The molecule has 1 aliphatic heterocycles. The lowest BCUT2D eigenvalue weighted by molar-refractivity contribution is -0.127. The van der Waals surface area contributed by atoms with E-state index in [1.54, 1.807) is 61.7 Å². The third kappa shape index (κ3) is 5.01. The van der Waals surface area contributed by atoms with E-state index in [9.17, 15) is 14.4 Å². The molecular weight excluding hydrogens is 434 g/mol. The van der Waals surface area contributed by atoms with Crippen molar-refractivity contribution in [3.05, 3.63) is 78.4 Å². The molecule has 1 heterocycles. The summed E-state index contributed by atoms with van der Waals surface area (Å²) in [6.45, 7) is 1.61. The molecule has 4 rings (SSSR count). The molecule has 2 N–H and O–H groups in total. The van der Waals surface area contributed by atoms with Gasteiger partial charge in [0.15, 0.2) is 6.61 Å². The fourth-order valence-corrected chi connectivity index (χ4v) is 3.77. The first-order chi connectivity index (χ1) is 16.5. The average Bonchev–Trinajstić information content (AvgIpc) is 2.84. The smallest absolute Gasteiger partial charge is 0.265 e. The molecule has 0 fully saturated rings. The predicted octanol–water partition coefficient (Wildman–Crippen LogP) is 3.77. The monoisotopic (exact) mass is 459 g/mol. The minimum atomic E-state index is -1.03. The number of hydrogen-bond acceptors (Lipinski definition) is 5. The number of para-hydroxylation sites is 3. The summed E-state index contributed by atoms with van der Waals surface area (Å²) in [6, 6.07) is 20.2. The number of amides is 3. The van der Waals surface area contributed by atoms with Crippen LogP contribution in [0, 0.1) is 6.92 Å². The molecule has 1 atom stereocenters. The highest BCUT2D eigenvalue weighted by Gasteiger charge is 2.38. The summed E-state index contributed by atoms with van der Waals surface area (Å²) in [5.74, 6) is -0.0194. The van der Waals surface area contributed by atoms with Crippen molar-refractivity contribution in [2.75, 3.05) is 29.3 Å². The fourth-order valence-electron chi connectivity index (χ4n) is 3.77. The molecule has 0 radical (unpaired) electrons. The Morgan fingerprint density at radius 2 is 1.71 bits per heavy atom. The van der Waals surface area contributed by atoms with Crippen LogP contribution in [-0.4, -0.2) is 37.5 Å². The molecule has 1 aliphatic rings. The van der Waals surface area contributed by atoms with Gasteiger partial charge in [-0.25, -0.2) is 0 Å². The number of ether oxygens (including phenoxy) is 2. The van der Waals surface area contributed by atoms with E-state index in [1.807, 2.05) is 25.1 Å². The van der Waals surface area contributed by atoms with Crippen molar-refractivity contribution < 1.29 is 23.9 Å². The van der Waals surface area contributed by atoms with Crippen LogP contribution in [0.5, 0.6) is 11.5 Å². The van der Waals surface area contributed by atoms with Crippen LogP contribution >= 0.6 is 0 Å². The number of nitrogens with one attached hydrogen (secondary N) is 2. The first kappa shape index (κ1) is 22.8. The van der Waals surface area contributed by atoms with E-state index in [4.69, 9.17) is 9.47 Å². The number of aryl methyl sites for hydroxylation is 1. The number of fused-ring (bicyclic) bond motifs is 1. The van der Waals surface area contributed by atoms with Crippen LogP contribution in [0.25, 0.3) is 0 Å². The Kier molecular flexibility index (Phi) is 6.77. The summed E-state index contributed by atoms with van der Waals surface area (Å²) < 4.78 is 10.9. The second-order valence-electron chi connectivity index (χ2n) is 7.82. The van der Waals surface area contributed by atoms with Gasteiger partial charge in [0, 0.05) is 5.69 Å². The molecule has 0 bridgehead atoms. The molecule has 0 saturated carbocycles. The molecule has 174 valence electrons. The zero-order chi connectivity index (χ0) is 24.1. The zero-order valence-electron chi connectivity index (χ0n) is 18.9. The Balaban J connectivity index is 1.53. The van der Waals surface area contributed by atoms with Crippen molar-refractivity contribution in [2.45, 2.75) is 19.4 Å². The lowest BCUT2D eigenvalue weighted by Crippen LogP contribution is -2.53. The van der Waals surface area contributed by atoms with Crippen molar-refractivity contribution in [3.8, 4) is 11.5 Å². The number of carbonyl (C=O) groups is 3. The number of nitrogens with zero attached hydrogens (tertiary/aromatic N) is 1. The van der Waals surface area contributed by atoms with E-state index in [2.05, 4.69) is 10.6 Å². The van der Waals surface area contributed by atoms with Gasteiger partial charge in [0.1, 0.15) is 17.5 Å². The van der Waals surface area contributed by atoms with E-state index in [0.717, 1.165) is 5.56 Å². The van der Waals surface area contributed by atoms with Crippen molar-refractivity contribution in [1.82, 2.24) is 0 Å². The van der Waals surface area contributed by atoms with Crippen molar-refractivity contribution in [1.29, 1.82) is 0 Å². The van der Waals surface area contributed by atoms with E-state index in [1.165, 1.54) is 4.90 Å². The second-order valence-corrected chi connectivity index (χ2v) is 7.82. The van der Waals surface area contributed by atoms with Crippen molar-refractivity contribution in [2.24, 2.45) is 0 Å². The minimum Gasteiger partial charge on any atom is -0.497 e. The summed E-state index contributed by atoms with van der Waals surface area (Å²) in [6.07, 6.45) is -0.220.